The first-order valence-electron chi connectivity index (χ1n) is 6.85. The number of nitrogens with two attached hydrogens (primary N) is 1. The summed E-state index contributed by atoms with van der Waals surface area (Å²) in [6, 6.07) is 0.628. The van der Waals surface area contributed by atoms with Crippen LogP contribution in [0.1, 0.15) is 48.2 Å². The number of aromatic nitrogens is 1. The van der Waals surface area contributed by atoms with E-state index < -0.39 is 0 Å². The molecule has 0 bridgehead atoms. The summed E-state index contributed by atoms with van der Waals surface area (Å²) in [6.07, 6.45) is 2.59. The summed E-state index contributed by atoms with van der Waals surface area (Å²) in [5, 5.41) is 5.50. The number of carbonyl (C=O) groups excluding carboxylic acids is 1. The minimum Gasteiger partial charge on any atom is -0.349 e. The van der Waals surface area contributed by atoms with Crippen LogP contribution in [0.25, 0.3) is 0 Å². The third-order valence-electron chi connectivity index (χ3n) is 3.30. The fraction of sp³-hybridized carbons (Fsp3) is 0.692. The first-order chi connectivity index (χ1) is 9.11. The van der Waals surface area contributed by atoms with E-state index in [0.717, 1.165) is 24.1 Å². The van der Waals surface area contributed by atoms with E-state index in [1.54, 1.807) is 5.38 Å². The molecular formula is C13H22N4OS. The van der Waals surface area contributed by atoms with E-state index in [2.05, 4.69) is 22.1 Å². The highest BCUT2D eigenvalue weighted by Crippen LogP contribution is 2.25. The Morgan fingerprint density at radius 2 is 2.42 bits per heavy atom. The quantitative estimate of drug-likeness (QED) is 0.792. The molecule has 0 spiro atoms. The van der Waals surface area contributed by atoms with Gasteiger partial charge in [0, 0.05) is 24.5 Å². The minimum atomic E-state index is -0.114. The van der Waals surface area contributed by atoms with Crippen LogP contribution in [0.2, 0.25) is 0 Å². The molecule has 1 atom stereocenters. The van der Waals surface area contributed by atoms with Gasteiger partial charge in [-0.25, -0.2) is 4.98 Å². The zero-order valence-electron chi connectivity index (χ0n) is 11.6. The number of nitrogens with one attached hydrogen (secondary N) is 1. The summed E-state index contributed by atoms with van der Waals surface area (Å²) in [4.78, 5) is 18.6. The zero-order chi connectivity index (χ0) is 13.8. The van der Waals surface area contributed by atoms with Crippen LogP contribution >= 0.6 is 11.3 Å². The highest BCUT2D eigenvalue weighted by atomic mass is 32.1. The van der Waals surface area contributed by atoms with Gasteiger partial charge in [-0.05, 0) is 26.3 Å². The Bertz CT molecular complexity index is 428. The molecule has 0 aliphatic heterocycles. The zero-order valence-corrected chi connectivity index (χ0v) is 12.4. The Hall–Kier alpha value is -0.980. The molecule has 2 rings (SSSR count). The first kappa shape index (κ1) is 14.4. The molecule has 1 aliphatic carbocycles. The lowest BCUT2D eigenvalue weighted by molar-refractivity contribution is 0.0943. The number of hydrogen-bond acceptors (Lipinski definition) is 5. The molecule has 1 aliphatic rings. The van der Waals surface area contributed by atoms with Crippen molar-refractivity contribution in [2.24, 2.45) is 5.73 Å². The van der Waals surface area contributed by atoms with Gasteiger partial charge in [-0.15, -0.1) is 11.3 Å². The van der Waals surface area contributed by atoms with E-state index in [1.807, 2.05) is 6.92 Å². The van der Waals surface area contributed by atoms with Crippen LogP contribution in [-0.2, 0) is 0 Å². The Kier molecular flexibility index (Phi) is 4.90. The van der Waals surface area contributed by atoms with E-state index in [1.165, 1.54) is 24.2 Å². The Morgan fingerprint density at radius 3 is 2.95 bits per heavy atom. The Balaban J connectivity index is 1.76. The van der Waals surface area contributed by atoms with Crippen molar-refractivity contribution in [1.29, 1.82) is 0 Å². The lowest BCUT2D eigenvalue weighted by Gasteiger charge is -2.19. The van der Waals surface area contributed by atoms with Gasteiger partial charge in [0.15, 0.2) is 0 Å². The normalized spacial score (nSPS) is 16.6. The maximum absolute atomic E-state index is 11.9. The van der Waals surface area contributed by atoms with Gasteiger partial charge in [-0.2, -0.15) is 0 Å². The number of nitrogens with zero attached hydrogens (tertiary/aromatic N) is 2. The fourth-order valence-electron chi connectivity index (χ4n) is 2.04. The molecule has 1 heterocycles. The molecule has 1 amide bonds. The predicted octanol–water partition coefficient (Wildman–Crippen LogP) is 1.38. The van der Waals surface area contributed by atoms with Gasteiger partial charge in [0.2, 0.25) is 0 Å². The predicted molar refractivity (Wildman–Crippen MR) is 77.3 cm³/mol. The number of thiazole rings is 1. The second-order valence-corrected chi connectivity index (χ2v) is 5.87. The molecule has 5 nitrogen and oxygen atoms in total. The largest absolute Gasteiger partial charge is 0.349 e. The van der Waals surface area contributed by atoms with Gasteiger partial charge in [-0.3, -0.25) is 9.69 Å². The second kappa shape index (κ2) is 6.45. The molecular weight excluding hydrogens is 260 g/mol. The van der Waals surface area contributed by atoms with Crippen molar-refractivity contribution in [2.75, 3.05) is 19.6 Å². The third-order valence-corrected chi connectivity index (χ3v) is 4.34. The van der Waals surface area contributed by atoms with Crippen LogP contribution in [0.5, 0.6) is 0 Å². The van der Waals surface area contributed by atoms with Gasteiger partial charge >= 0.3 is 0 Å². The minimum absolute atomic E-state index is 0.102. The molecule has 19 heavy (non-hydrogen) atoms. The highest BCUT2D eigenvalue weighted by molar-refractivity contribution is 7.09. The lowest BCUT2D eigenvalue weighted by atomic mass is 10.4. The van der Waals surface area contributed by atoms with Gasteiger partial charge in [0.05, 0.1) is 6.04 Å². The average molecular weight is 282 g/mol. The molecule has 1 unspecified atom stereocenters. The SMILES string of the molecule is CCN(CCNC(=O)c1csc(C(C)N)n1)C1CC1. The topological polar surface area (TPSA) is 71.2 Å². The van der Waals surface area contributed by atoms with Crippen molar-refractivity contribution in [3.63, 3.8) is 0 Å². The molecule has 0 radical (unpaired) electrons. The number of hydrogen-bond donors (Lipinski definition) is 2. The fourth-order valence-corrected chi connectivity index (χ4v) is 2.80. The summed E-state index contributed by atoms with van der Waals surface area (Å²) < 4.78 is 0. The van der Waals surface area contributed by atoms with E-state index in [0.29, 0.717) is 12.2 Å². The van der Waals surface area contributed by atoms with Gasteiger partial charge in [-0.1, -0.05) is 6.92 Å². The van der Waals surface area contributed by atoms with Crippen LogP contribution in [-0.4, -0.2) is 41.5 Å². The molecule has 1 aromatic rings. The van der Waals surface area contributed by atoms with Crippen LogP contribution < -0.4 is 11.1 Å². The van der Waals surface area contributed by atoms with Crippen molar-refractivity contribution < 1.29 is 4.79 Å². The van der Waals surface area contributed by atoms with Crippen molar-refractivity contribution in [3.8, 4) is 0 Å². The molecule has 1 saturated carbocycles. The molecule has 3 N–H and O–H groups in total. The molecule has 0 saturated heterocycles. The van der Waals surface area contributed by atoms with Crippen molar-refractivity contribution in [3.05, 3.63) is 16.1 Å². The number of carbonyl (C=O) groups is 1. The molecule has 0 aromatic carbocycles. The molecule has 6 heteroatoms. The van der Waals surface area contributed by atoms with Gasteiger partial charge in [0.1, 0.15) is 10.7 Å². The highest BCUT2D eigenvalue weighted by Gasteiger charge is 2.27. The van der Waals surface area contributed by atoms with Gasteiger partial charge in [0.25, 0.3) is 5.91 Å². The van der Waals surface area contributed by atoms with Crippen LogP contribution in [0.3, 0.4) is 0 Å². The van der Waals surface area contributed by atoms with Crippen molar-refractivity contribution in [1.82, 2.24) is 15.2 Å². The van der Waals surface area contributed by atoms with Crippen LogP contribution in [0.15, 0.2) is 5.38 Å². The number of likely N-dealkylation sites (N-methyl/N-ethyl adjacent to an activating group) is 1. The van der Waals surface area contributed by atoms with E-state index in [-0.39, 0.29) is 11.9 Å². The maximum atomic E-state index is 11.9. The number of amides is 1. The van der Waals surface area contributed by atoms with E-state index >= 15 is 0 Å². The smallest absolute Gasteiger partial charge is 0.270 e. The Labute approximate surface area is 118 Å². The third kappa shape index (κ3) is 3.99. The maximum Gasteiger partial charge on any atom is 0.270 e. The second-order valence-electron chi connectivity index (χ2n) is 4.98. The summed E-state index contributed by atoms with van der Waals surface area (Å²) in [7, 11) is 0. The first-order valence-corrected chi connectivity index (χ1v) is 7.73. The van der Waals surface area contributed by atoms with Crippen molar-refractivity contribution >= 4 is 17.2 Å². The van der Waals surface area contributed by atoms with Crippen LogP contribution in [0.4, 0.5) is 0 Å². The van der Waals surface area contributed by atoms with E-state index in [4.69, 9.17) is 5.73 Å². The Morgan fingerprint density at radius 1 is 1.68 bits per heavy atom. The summed E-state index contributed by atoms with van der Waals surface area (Å²) in [5.41, 5.74) is 6.21. The summed E-state index contributed by atoms with van der Waals surface area (Å²) >= 11 is 1.44. The summed E-state index contributed by atoms with van der Waals surface area (Å²) in [5.74, 6) is -0.102. The molecule has 1 fully saturated rings. The van der Waals surface area contributed by atoms with E-state index in [9.17, 15) is 4.79 Å². The average Bonchev–Trinajstić information content (AvgIpc) is 3.09. The van der Waals surface area contributed by atoms with Gasteiger partial charge < -0.3 is 11.1 Å². The molecule has 1 aromatic heterocycles. The summed E-state index contributed by atoms with van der Waals surface area (Å²) in [6.45, 7) is 6.67. The van der Waals surface area contributed by atoms with Crippen molar-refractivity contribution in [2.45, 2.75) is 38.8 Å². The van der Waals surface area contributed by atoms with Crippen LogP contribution in [0, 0.1) is 0 Å². The monoisotopic (exact) mass is 282 g/mol. The number of rotatable bonds is 7. The molecule has 106 valence electrons. The standard InChI is InChI=1S/C13H22N4OS/c1-3-17(10-4-5-10)7-6-15-12(18)11-8-19-13(16-11)9(2)14/h8-10H,3-7,14H2,1-2H3,(H,15,18). The lowest BCUT2D eigenvalue weighted by Crippen LogP contribution is -2.36.